The summed E-state index contributed by atoms with van der Waals surface area (Å²) >= 11 is 0. The number of benzene rings is 4. The minimum Gasteiger partial charge on any atom is -0.0616 e. The van der Waals surface area contributed by atoms with Gasteiger partial charge in [-0.1, -0.05) is 93.6 Å². The molecular weight excluding hydrogens is 336 g/mol. The number of rotatable bonds is 1. The number of hydrogen-bond acceptors (Lipinski definition) is 0. The SMILES string of the molecule is CC(C)(C)c1ccc(C2CCCc3c2ccc2c3ccc3ccccc32)cc1. The minimum absolute atomic E-state index is 0.209. The van der Waals surface area contributed by atoms with Crippen LogP contribution in [-0.2, 0) is 11.8 Å². The summed E-state index contributed by atoms with van der Waals surface area (Å²) < 4.78 is 0. The van der Waals surface area contributed by atoms with E-state index in [9.17, 15) is 0 Å². The van der Waals surface area contributed by atoms with Crippen LogP contribution in [0.25, 0.3) is 21.5 Å². The zero-order valence-electron chi connectivity index (χ0n) is 17.1. The highest BCUT2D eigenvalue weighted by Crippen LogP contribution is 2.41. The maximum atomic E-state index is 2.41. The summed E-state index contributed by atoms with van der Waals surface area (Å²) in [6.07, 6.45) is 3.72. The molecule has 0 N–H and O–H groups in total. The number of fused-ring (bicyclic) bond motifs is 5. The second-order valence-electron chi connectivity index (χ2n) is 9.33. The molecule has 0 amide bonds. The van der Waals surface area contributed by atoms with Gasteiger partial charge in [0.25, 0.3) is 0 Å². The van der Waals surface area contributed by atoms with Crippen LogP contribution in [-0.4, -0.2) is 0 Å². The Bertz CT molecular complexity index is 1160. The van der Waals surface area contributed by atoms with Gasteiger partial charge in [-0.05, 0) is 68.5 Å². The molecule has 0 spiro atoms. The normalized spacial score (nSPS) is 17.0. The van der Waals surface area contributed by atoms with E-state index in [0.717, 1.165) is 0 Å². The molecule has 28 heavy (non-hydrogen) atoms. The van der Waals surface area contributed by atoms with Crippen molar-refractivity contribution >= 4 is 21.5 Å². The largest absolute Gasteiger partial charge is 0.0616 e. The van der Waals surface area contributed by atoms with Gasteiger partial charge in [-0.15, -0.1) is 0 Å². The maximum Gasteiger partial charge on any atom is 0.00924 e. The first-order chi connectivity index (χ1) is 13.5. The van der Waals surface area contributed by atoms with Gasteiger partial charge in [0.15, 0.2) is 0 Å². The standard InChI is InChI=1S/C28H28/c1-28(2,3)21-14-11-20(12-15-21)23-9-6-10-24-25(23)17-18-26-22-8-5-4-7-19(22)13-16-27(24)26/h4-5,7-8,11-18,23H,6,9-10H2,1-3H3. The lowest BCUT2D eigenvalue weighted by atomic mass is 9.76. The zero-order chi connectivity index (χ0) is 19.3. The van der Waals surface area contributed by atoms with Gasteiger partial charge in [0.2, 0.25) is 0 Å². The summed E-state index contributed by atoms with van der Waals surface area (Å²) in [6, 6.07) is 27.6. The topological polar surface area (TPSA) is 0 Å². The third-order valence-corrected chi connectivity index (χ3v) is 6.55. The van der Waals surface area contributed by atoms with Gasteiger partial charge in [0, 0.05) is 5.92 Å². The molecule has 1 unspecified atom stereocenters. The molecule has 0 bridgehead atoms. The Balaban J connectivity index is 1.64. The van der Waals surface area contributed by atoms with E-state index >= 15 is 0 Å². The molecule has 1 aliphatic carbocycles. The lowest BCUT2D eigenvalue weighted by molar-refractivity contribution is 0.587. The van der Waals surface area contributed by atoms with Crippen LogP contribution < -0.4 is 0 Å². The molecule has 4 aromatic rings. The van der Waals surface area contributed by atoms with Crippen LogP contribution >= 0.6 is 0 Å². The van der Waals surface area contributed by atoms with Crippen molar-refractivity contribution in [2.45, 2.75) is 51.4 Å². The van der Waals surface area contributed by atoms with Crippen LogP contribution in [0.1, 0.15) is 61.8 Å². The number of hydrogen-bond donors (Lipinski definition) is 0. The van der Waals surface area contributed by atoms with Crippen molar-refractivity contribution in [1.82, 2.24) is 0 Å². The van der Waals surface area contributed by atoms with Crippen LogP contribution in [0, 0.1) is 0 Å². The Morgan fingerprint density at radius 1 is 0.714 bits per heavy atom. The zero-order valence-corrected chi connectivity index (χ0v) is 17.1. The molecule has 0 nitrogen and oxygen atoms in total. The quantitative estimate of drug-likeness (QED) is 0.303. The summed E-state index contributed by atoms with van der Waals surface area (Å²) in [7, 11) is 0. The van der Waals surface area contributed by atoms with Crippen LogP contribution in [0.15, 0.2) is 72.8 Å². The van der Waals surface area contributed by atoms with Crippen LogP contribution in [0.2, 0.25) is 0 Å². The van der Waals surface area contributed by atoms with E-state index in [1.54, 1.807) is 5.56 Å². The van der Waals surface area contributed by atoms with E-state index in [-0.39, 0.29) is 5.41 Å². The van der Waals surface area contributed by atoms with Crippen LogP contribution in [0.3, 0.4) is 0 Å². The first kappa shape index (κ1) is 17.5. The second-order valence-corrected chi connectivity index (χ2v) is 9.33. The van der Waals surface area contributed by atoms with Crippen LogP contribution in [0.4, 0.5) is 0 Å². The van der Waals surface area contributed by atoms with Crippen molar-refractivity contribution in [3.05, 3.63) is 95.1 Å². The van der Waals surface area contributed by atoms with Gasteiger partial charge in [0.1, 0.15) is 0 Å². The molecule has 1 atom stereocenters. The molecule has 0 saturated carbocycles. The molecule has 0 saturated heterocycles. The molecule has 0 radical (unpaired) electrons. The lowest BCUT2D eigenvalue weighted by Gasteiger charge is -2.28. The van der Waals surface area contributed by atoms with Crippen molar-refractivity contribution in [1.29, 1.82) is 0 Å². The Morgan fingerprint density at radius 2 is 1.46 bits per heavy atom. The van der Waals surface area contributed by atoms with E-state index < -0.39 is 0 Å². The molecule has 0 fully saturated rings. The highest BCUT2D eigenvalue weighted by molar-refractivity contribution is 6.08. The van der Waals surface area contributed by atoms with Crippen molar-refractivity contribution in [2.75, 3.05) is 0 Å². The fourth-order valence-electron chi connectivity index (χ4n) is 4.97. The summed E-state index contributed by atoms with van der Waals surface area (Å²) in [5.74, 6) is 0.522. The van der Waals surface area contributed by atoms with Crippen molar-refractivity contribution < 1.29 is 0 Å². The lowest BCUT2D eigenvalue weighted by Crippen LogP contribution is -2.13. The number of aryl methyl sites for hydroxylation is 1. The van der Waals surface area contributed by atoms with Gasteiger partial charge >= 0.3 is 0 Å². The highest BCUT2D eigenvalue weighted by Gasteiger charge is 2.24. The van der Waals surface area contributed by atoms with Crippen LogP contribution in [0.5, 0.6) is 0 Å². The molecule has 4 aromatic carbocycles. The molecule has 0 heterocycles. The van der Waals surface area contributed by atoms with E-state index in [4.69, 9.17) is 0 Å². The predicted octanol–water partition coefficient (Wildman–Crippen LogP) is 7.76. The van der Waals surface area contributed by atoms with E-state index in [2.05, 4.69) is 93.6 Å². The summed E-state index contributed by atoms with van der Waals surface area (Å²) in [6.45, 7) is 6.86. The smallest absolute Gasteiger partial charge is 0.00924 e. The average Bonchev–Trinajstić information content (AvgIpc) is 2.72. The molecule has 0 heteroatoms. The van der Waals surface area contributed by atoms with Crippen molar-refractivity contribution in [3.8, 4) is 0 Å². The minimum atomic E-state index is 0.209. The monoisotopic (exact) mass is 364 g/mol. The Hall–Kier alpha value is -2.60. The average molecular weight is 365 g/mol. The predicted molar refractivity (Wildman–Crippen MR) is 121 cm³/mol. The summed E-state index contributed by atoms with van der Waals surface area (Å²) in [4.78, 5) is 0. The Labute approximate surface area is 168 Å². The fourth-order valence-corrected chi connectivity index (χ4v) is 4.97. The first-order valence-corrected chi connectivity index (χ1v) is 10.6. The van der Waals surface area contributed by atoms with E-state index in [0.29, 0.717) is 5.92 Å². The molecule has 140 valence electrons. The molecule has 0 aromatic heterocycles. The van der Waals surface area contributed by atoms with Gasteiger partial charge < -0.3 is 0 Å². The summed E-state index contributed by atoms with van der Waals surface area (Å²) in [5.41, 5.74) is 6.20. The van der Waals surface area contributed by atoms with Gasteiger partial charge in [-0.3, -0.25) is 0 Å². The van der Waals surface area contributed by atoms with E-state index in [1.165, 1.54) is 57.5 Å². The maximum absolute atomic E-state index is 2.41. The van der Waals surface area contributed by atoms with Gasteiger partial charge in [-0.2, -0.15) is 0 Å². The molecule has 5 rings (SSSR count). The van der Waals surface area contributed by atoms with Gasteiger partial charge in [-0.25, -0.2) is 0 Å². The van der Waals surface area contributed by atoms with Crippen molar-refractivity contribution in [2.24, 2.45) is 0 Å². The molecular formula is C28H28. The van der Waals surface area contributed by atoms with E-state index in [1.807, 2.05) is 0 Å². The van der Waals surface area contributed by atoms with Crippen molar-refractivity contribution in [3.63, 3.8) is 0 Å². The third-order valence-electron chi connectivity index (χ3n) is 6.55. The molecule has 1 aliphatic rings. The Morgan fingerprint density at radius 3 is 2.25 bits per heavy atom. The summed E-state index contributed by atoms with van der Waals surface area (Å²) in [5, 5.41) is 5.56. The first-order valence-electron chi connectivity index (χ1n) is 10.6. The molecule has 0 aliphatic heterocycles. The third kappa shape index (κ3) is 2.83. The highest BCUT2D eigenvalue weighted by atomic mass is 14.3. The van der Waals surface area contributed by atoms with Gasteiger partial charge in [0.05, 0.1) is 0 Å². The Kier molecular flexibility index (Phi) is 4.05. The second kappa shape index (κ2) is 6.48. The fraction of sp³-hybridized carbons (Fsp3) is 0.286.